The van der Waals surface area contributed by atoms with E-state index in [0.717, 1.165) is 30.6 Å². The van der Waals surface area contributed by atoms with Crippen molar-refractivity contribution in [1.29, 1.82) is 5.26 Å². The maximum absolute atomic E-state index is 12.8. The second-order valence-electron chi connectivity index (χ2n) is 7.51. The molecule has 1 atom stereocenters. The molecule has 2 heterocycles. The molecule has 1 aromatic rings. The number of H-pyrrole nitrogens is 1. The number of carbonyl (C=O) groups is 1. The van der Waals surface area contributed by atoms with E-state index in [4.69, 9.17) is 0 Å². The summed E-state index contributed by atoms with van der Waals surface area (Å²) in [5, 5.41) is 9.18. The van der Waals surface area contributed by atoms with Crippen LogP contribution in [0.15, 0.2) is 4.79 Å². The number of hydrogen-bond acceptors (Lipinski definition) is 3. The van der Waals surface area contributed by atoms with Gasteiger partial charge in [0.05, 0.1) is 0 Å². The number of nitriles is 1. The van der Waals surface area contributed by atoms with Crippen LogP contribution in [0.3, 0.4) is 0 Å². The minimum absolute atomic E-state index is 0.165. The molecule has 0 spiro atoms. The third-order valence-corrected chi connectivity index (χ3v) is 6.07. The monoisotopic (exact) mass is 341 g/mol. The number of aromatic amines is 1. The summed E-state index contributed by atoms with van der Waals surface area (Å²) >= 11 is 0. The molecule has 2 aliphatic rings. The van der Waals surface area contributed by atoms with E-state index in [-0.39, 0.29) is 17.0 Å². The molecular formula is C20H27N3O2. The highest BCUT2D eigenvalue weighted by Gasteiger charge is 2.35. The molecule has 134 valence electrons. The normalized spacial score (nSPS) is 20.8. The van der Waals surface area contributed by atoms with E-state index in [1.54, 1.807) is 6.92 Å². The Hall–Kier alpha value is -2.09. The quantitative estimate of drug-likeness (QED) is 0.914. The van der Waals surface area contributed by atoms with Gasteiger partial charge < -0.3 is 9.88 Å². The van der Waals surface area contributed by atoms with Gasteiger partial charge in [0, 0.05) is 24.7 Å². The fourth-order valence-corrected chi connectivity index (χ4v) is 4.73. The van der Waals surface area contributed by atoms with E-state index in [1.165, 1.54) is 25.7 Å². The molecule has 1 N–H and O–H groups in total. The Morgan fingerprint density at radius 3 is 2.64 bits per heavy atom. The summed E-state index contributed by atoms with van der Waals surface area (Å²) in [7, 11) is 0. The summed E-state index contributed by atoms with van der Waals surface area (Å²) < 4.78 is 0. The second kappa shape index (κ2) is 7.43. The maximum atomic E-state index is 12.8. The topological polar surface area (TPSA) is 77.0 Å². The Kier molecular flexibility index (Phi) is 5.27. The lowest BCUT2D eigenvalue weighted by Crippen LogP contribution is -2.39. The smallest absolute Gasteiger partial charge is 0.266 e. The van der Waals surface area contributed by atoms with Crippen molar-refractivity contribution in [3.8, 4) is 6.07 Å². The molecule has 1 aliphatic heterocycles. The van der Waals surface area contributed by atoms with Crippen molar-refractivity contribution in [3.63, 3.8) is 0 Å². The summed E-state index contributed by atoms with van der Waals surface area (Å²) in [5.41, 5.74) is 2.24. The van der Waals surface area contributed by atoms with Gasteiger partial charge in [-0.15, -0.1) is 0 Å². The number of pyridine rings is 1. The summed E-state index contributed by atoms with van der Waals surface area (Å²) in [4.78, 5) is 29.5. The van der Waals surface area contributed by atoms with Crippen LogP contribution in [0.25, 0.3) is 0 Å². The number of nitrogens with one attached hydrogen (secondary N) is 1. The molecule has 1 aromatic heterocycles. The first-order valence-electron chi connectivity index (χ1n) is 9.45. The van der Waals surface area contributed by atoms with Crippen LogP contribution in [0.1, 0.15) is 67.3 Å². The van der Waals surface area contributed by atoms with Crippen LogP contribution in [0, 0.1) is 31.1 Å². The highest BCUT2D eigenvalue weighted by Crippen LogP contribution is 2.35. The van der Waals surface area contributed by atoms with Crippen molar-refractivity contribution >= 4 is 5.91 Å². The maximum Gasteiger partial charge on any atom is 0.266 e. The number of likely N-dealkylation sites (tertiary alicyclic amines) is 1. The second-order valence-corrected chi connectivity index (χ2v) is 7.51. The molecular weight excluding hydrogens is 314 g/mol. The molecule has 5 heteroatoms. The van der Waals surface area contributed by atoms with Crippen molar-refractivity contribution in [3.05, 3.63) is 32.7 Å². The highest BCUT2D eigenvalue weighted by atomic mass is 16.2. The van der Waals surface area contributed by atoms with E-state index >= 15 is 0 Å². The summed E-state index contributed by atoms with van der Waals surface area (Å²) in [6, 6.07) is 2.41. The van der Waals surface area contributed by atoms with Crippen LogP contribution in [0.5, 0.6) is 0 Å². The largest absolute Gasteiger partial charge is 0.339 e. The van der Waals surface area contributed by atoms with Crippen LogP contribution < -0.4 is 5.56 Å². The third kappa shape index (κ3) is 3.49. The van der Waals surface area contributed by atoms with Crippen LogP contribution in [-0.2, 0) is 11.2 Å². The average Bonchev–Trinajstić information content (AvgIpc) is 3.25. The molecule has 25 heavy (non-hydrogen) atoms. The average molecular weight is 341 g/mol. The van der Waals surface area contributed by atoms with Crippen LogP contribution in [-0.4, -0.2) is 28.4 Å². The van der Waals surface area contributed by atoms with Gasteiger partial charge in [0.2, 0.25) is 5.91 Å². The summed E-state index contributed by atoms with van der Waals surface area (Å²) in [5.74, 6) is 0.908. The molecule has 1 aliphatic carbocycles. The van der Waals surface area contributed by atoms with Crippen LogP contribution in [0.4, 0.5) is 0 Å². The van der Waals surface area contributed by atoms with Gasteiger partial charge in [0.15, 0.2) is 0 Å². The number of amides is 1. The van der Waals surface area contributed by atoms with Crippen molar-refractivity contribution < 1.29 is 4.79 Å². The first-order chi connectivity index (χ1) is 12.0. The standard InChI is InChI=1S/C20H27N3O2/c1-13-16(14(2)22-20(25)17(13)12-21)9-10-19(24)23-11-5-8-18(23)15-6-3-4-7-15/h15,18H,3-11H2,1-2H3,(H,22,25). The minimum atomic E-state index is -0.339. The molecule has 1 saturated heterocycles. The van der Waals surface area contributed by atoms with Gasteiger partial charge >= 0.3 is 0 Å². The van der Waals surface area contributed by atoms with E-state index in [1.807, 2.05) is 13.0 Å². The summed E-state index contributed by atoms with van der Waals surface area (Å²) in [6.45, 7) is 4.53. The number of hydrogen-bond donors (Lipinski definition) is 1. The fourth-order valence-electron chi connectivity index (χ4n) is 4.73. The van der Waals surface area contributed by atoms with Gasteiger partial charge in [-0.1, -0.05) is 12.8 Å². The Morgan fingerprint density at radius 2 is 1.96 bits per heavy atom. The molecule has 3 rings (SSSR count). The predicted octanol–water partition coefficient (Wildman–Crippen LogP) is 2.98. The lowest BCUT2D eigenvalue weighted by Gasteiger charge is -2.29. The molecule has 2 fully saturated rings. The summed E-state index contributed by atoms with van der Waals surface area (Å²) in [6.07, 6.45) is 8.41. The number of rotatable bonds is 4. The van der Waals surface area contributed by atoms with E-state index < -0.39 is 0 Å². The van der Waals surface area contributed by atoms with Crippen molar-refractivity contribution in [2.24, 2.45) is 5.92 Å². The van der Waals surface area contributed by atoms with Gasteiger partial charge in [0.1, 0.15) is 11.6 Å². The highest BCUT2D eigenvalue weighted by molar-refractivity contribution is 5.77. The van der Waals surface area contributed by atoms with Crippen LogP contribution >= 0.6 is 0 Å². The first kappa shape index (κ1) is 17.7. The number of aromatic nitrogens is 1. The molecule has 1 saturated carbocycles. The van der Waals surface area contributed by atoms with Crippen LogP contribution in [0.2, 0.25) is 0 Å². The molecule has 1 unspecified atom stereocenters. The minimum Gasteiger partial charge on any atom is -0.339 e. The number of nitrogens with zero attached hydrogens (tertiary/aromatic N) is 2. The van der Waals surface area contributed by atoms with Gasteiger partial charge in [-0.2, -0.15) is 5.26 Å². The predicted molar refractivity (Wildman–Crippen MR) is 96.3 cm³/mol. The van der Waals surface area contributed by atoms with Gasteiger partial charge in [0.25, 0.3) is 5.56 Å². The Morgan fingerprint density at radius 1 is 1.24 bits per heavy atom. The third-order valence-electron chi connectivity index (χ3n) is 6.07. The Balaban J connectivity index is 1.70. The van der Waals surface area contributed by atoms with Crippen molar-refractivity contribution in [1.82, 2.24) is 9.88 Å². The van der Waals surface area contributed by atoms with E-state index in [9.17, 15) is 14.9 Å². The molecule has 0 aromatic carbocycles. The Bertz CT molecular complexity index is 753. The first-order valence-corrected chi connectivity index (χ1v) is 9.45. The van der Waals surface area contributed by atoms with Crippen molar-refractivity contribution in [2.45, 2.75) is 71.3 Å². The lowest BCUT2D eigenvalue weighted by atomic mass is 9.95. The van der Waals surface area contributed by atoms with Gasteiger partial charge in [-0.05, 0) is 63.0 Å². The SMILES string of the molecule is Cc1[nH]c(=O)c(C#N)c(C)c1CCC(=O)N1CCCC1C1CCCC1. The molecule has 1 amide bonds. The van der Waals surface area contributed by atoms with E-state index in [0.29, 0.717) is 30.4 Å². The van der Waals surface area contributed by atoms with E-state index in [2.05, 4.69) is 9.88 Å². The zero-order valence-electron chi connectivity index (χ0n) is 15.2. The van der Waals surface area contributed by atoms with Crippen molar-refractivity contribution in [2.75, 3.05) is 6.54 Å². The molecule has 5 nitrogen and oxygen atoms in total. The van der Waals surface area contributed by atoms with Gasteiger partial charge in [-0.3, -0.25) is 9.59 Å². The number of carbonyl (C=O) groups excluding carboxylic acids is 1. The molecule has 0 radical (unpaired) electrons. The fraction of sp³-hybridized carbons (Fsp3) is 0.650. The zero-order valence-corrected chi connectivity index (χ0v) is 15.2. The Labute approximate surface area is 149 Å². The zero-order chi connectivity index (χ0) is 18.0. The molecule has 0 bridgehead atoms. The number of aryl methyl sites for hydroxylation is 1. The lowest BCUT2D eigenvalue weighted by molar-refractivity contribution is -0.132. The van der Waals surface area contributed by atoms with Gasteiger partial charge in [-0.25, -0.2) is 0 Å².